The van der Waals surface area contributed by atoms with E-state index in [1.54, 1.807) is 0 Å². The van der Waals surface area contributed by atoms with Crippen molar-refractivity contribution in [1.29, 1.82) is 0 Å². The number of benzene rings is 1. The van der Waals surface area contributed by atoms with Crippen molar-refractivity contribution >= 4 is 61.1 Å². The van der Waals surface area contributed by atoms with E-state index in [1.807, 2.05) is 18.2 Å². The first-order chi connectivity index (χ1) is 7.19. The molecule has 0 aliphatic heterocycles. The summed E-state index contributed by atoms with van der Waals surface area (Å²) in [6.45, 7) is 0. The van der Waals surface area contributed by atoms with Crippen LogP contribution in [0.3, 0.4) is 0 Å². The van der Waals surface area contributed by atoms with E-state index in [0.717, 1.165) is 20.9 Å². The number of hydrogen-bond acceptors (Lipinski definition) is 1. The molecule has 0 heterocycles. The van der Waals surface area contributed by atoms with Gasteiger partial charge in [-0.1, -0.05) is 50.7 Å². The second-order valence-electron chi connectivity index (χ2n) is 3.45. The number of para-hydroxylation sites is 1. The fourth-order valence-electron chi connectivity index (χ4n) is 1.42. The zero-order valence-electron chi connectivity index (χ0n) is 8.22. The Morgan fingerprint density at radius 1 is 1.40 bits per heavy atom. The molecule has 0 radical (unpaired) electrons. The van der Waals surface area contributed by atoms with Crippen molar-refractivity contribution in [2.24, 2.45) is 5.92 Å². The van der Waals surface area contributed by atoms with E-state index in [9.17, 15) is 5.11 Å². The van der Waals surface area contributed by atoms with Crippen molar-refractivity contribution in [3.05, 3.63) is 27.3 Å². The topological polar surface area (TPSA) is 20.2 Å². The molecule has 1 rings (SSSR count). The van der Waals surface area contributed by atoms with Gasteiger partial charge < -0.3 is 5.11 Å². The molecule has 0 aliphatic carbocycles. The summed E-state index contributed by atoms with van der Waals surface area (Å²) in [6.07, 6.45) is 2.15. The first kappa shape index (κ1) is 14.0. The van der Waals surface area contributed by atoms with Gasteiger partial charge in [-0.05, 0) is 57.4 Å². The highest BCUT2D eigenvalue weighted by atomic mass is 127. The average molecular weight is 495 g/mol. The average Bonchev–Trinajstić information content (AvgIpc) is 2.24. The van der Waals surface area contributed by atoms with Crippen molar-refractivity contribution in [2.75, 3.05) is 9.76 Å². The Morgan fingerprint density at radius 2 is 2.13 bits per heavy atom. The second-order valence-corrected chi connectivity index (χ2v) is 6.34. The Morgan fingerprint density at radius 3 is 2.73 bits per heavy atom. The highest BCUT2D eigenvalue weighted by Crippen LogP contribution is 2.27. The molecule has 1 aromatic carbocycles. The van der Waals surface area contributed by atoms with Crippen LogP contribution < -0.4 is 0 Å². The summed E-state index contributed by atoms with van der Waals surface area (Å²) in [5.74, 6) is 1.07. The van der Waals surface area contributed by atoms with Gasteiger partial charge in [-0.3, -0.25) is 0 Å². The minimum absolute atomic E-state index is 0.456. The van der Waals surface area contributed by atoms with Gasteiger partial charge in [-0.25, -0.2) is 0 Å². The molecular weight excluding hydrogens is 482 g/mol. The summed E-state index contributed by atoms with van der Waals surface area (Å²) in [7, 11) is 0. The van der Waals surface area contributed by atoms with Gasteiger partial charge in [0.2, 0.25) is 0 Å². The molecule has 0 spiro atoms. The highest BCUT2D eigenvalue weighted by Gasteiger charge is 2.11. The number of alkyl halides is 2. The molecule has 4 heteroatoms. The SMILES string of the molecule is Oc1c(I)cccc1CC(CBr)CCI. The molecule has 0 aliphatic rings. The number of rotatable bonds is 5. The van der Waals surface area contributed by atoms with Crippen LogP contribution in [0.1, 0.15) is 12.0 Å². The third-order valence-corrected chi connectivity index (χ3v) is 4.72. The molecule has 0 bridgehead atoms. The van der Waals surface area contributed by atoms with Crippen LogP contribution in [0.2, 0.25) is 0 Å². The molecule has 1 N–H and O–H groups in total. The largest absolute Gasteiger partial charge is 0.507 e. The standard InChI is InChI=1S/C11H13BrI2O/c12-7-8(4-5-13)6-9-2-1-3-10(14)11(9)15/h1-3,8,15H,4-7H2. The predicted octanol–water partition coefficient (Wildman–Crippen LogP) is 4.38. The summed E-state index contributed by atoms with van der Waals surface area (Å²) in [5, 5.41) is 10.9. The summed E-state index contributed by atoms with van der Waals surface area (Å²) in [5.41, 5.74) is 1.07. The van der Waals surface area contributed by atoms with E-state index in [-0.39, 0.29) is 0 Å². The number of phenolic OH excluding ortho intramolecular Hbond substituents is 1. The van der Waals surface area contributed by atoms with Crippen LogP contribution in [0.5, 0.6) is 5.75 Å². The van der Waals surface area contributed by atoms with E-state index in [1.165, 1.54) is 10.8 Å². The monoisotopic (exact) mass is 494 g/mol. The lowest BCUT2D eigenvalue weighted by Crippen LogP contribution is -2.07. The molecule has 1 unspecified atom stereocenters. The lowest BCUT2D eigenvalue weighted by molar-refractivity contribution is 0.456. The first-order valence-corrected chi connectivity index (χ1v) is 8.50. The van der Waals surface area contributed by atoms with E-state index < -0.39 is 0 Å². The maximum Gasteiger partial charge on any atom is 0.132 e. The molecule has 0 saturated heterocycles. The number of hydrogen-bond donors (Lipinski definition) is 1. The van der Waals surface area contributed by atoms with Gasteiger partial charge in [0.05, 0.1) is 3.57 Å². The molecule has 0 aromatic heterocycles. The Hall–Kier alpha value is 0.960. The van der Waals surface area contributed by atoms with Crippen LogP contribution in [-0.4, -0.2) is 14.9 Å². The van der Waals surface area contributed by atoms with Gasteiger partial charge in [0, 0.05) is 5.33 Å². The minimum Gasteiger partial charge on any atom is -0.507 e. The molecule has 0 saturated carbocycles. The quantitative estimate of drug-likeness (QED) is 0.476. The van der Waals surface area contributed by atoms with Crippen LogP contribution in [0, 0.1) is 9.49 Å². The van der Waals surface area contributed by atoms with Crippen LogP contribution >= 0.6 is 61.1 Å². The Balaban J connectivity index is 2.74. The third-order valence-electron chi connectivity index (χ3n) is 2.31. The number of halogens is 3. The summed E-state index contributed by atoms with van der Waals surface area (Å²) >= 11 is 8.10. The van der Waals surface area contributed by atoms with Gasteiger partial charge >= 0.3 is 0 Å². The van der Waals surface area contributed by atoms with Crippen LogP contribution in [-0.2, 0) is 6.42 Å². The minimum atomic E-state index is 0.456. The van der Waals surface area contributed by atoms with E-state index in [0.29, 0.717) is 11.7 Å². The van der Waals surface area contributed by atoms with Gasteiger partial charge in [-0.15, -0.1) is 0 Å². The molecule has 15 heavy (non-hydrogen) atoms. The molecular formula is C11H13BrI2O. The number of phenols is 1. The molecule has 0 fully saturated rings. The van der Waals surface area contributed by atoms with E-state index in [2.05, 4.69) is 61.1 Å². The molecule has 1 atom stereocenters. The van der Waals surface area contributed by atoms with E-state index >= 15 is 0 Å². The predicted molar refractivity (Wildman–Crippen MR) is 85.3 cm³/mol. The summed E-state index contributed by atoms with van der Waals surface area (Å²) in [4.78, 5) is 0. The maximum absolute atomic E-state index is 9.89. The van der Waals surface area contributed by atoms with Crippen LogP contribution in [0.25, 0.3) is 0 Å². The van der Waals surface area contributed by atoms with Crippen molar-refractivity contribution < 1.29 is 5.11 Å². The Labute approximate surface area is 126 Å². The van der Waals surface area contributed by atoms with Crippen LogP contribution in [0.15, 0.2) is 18.2 Å². The Kier molecular flexibility index (Phi) is 6.84. The van der Waals surface area contributed by atoms with Crippen molar-refractivity contribution in [2.45, 2.75) is 12.8 Å². The van der Waals surface area contributed by atoms with Gasteiger partial charge in [-0.2, -0.15) is 0 Å². The van der Waals surface area contributed by atoms with Gasteiger partial charge in [0.1, 0.15) is 5.75 Å². The van der Waals surface area contributed by atoms with Crippen LogP contribution in [0.4, 0.5) is 0 Å². The van der Waals surface area contributed by atoms with Crippen molar-refractivity contribution in [3.8, 4) is 5.75 Å². The highest BCUT2D eigenvalue weighted by molar-refractivity contribution is 14.1. The maximum atomic E-state index is 9.89. The third kappa shape index (κ3) is 4.38. The van der Waals surface area contributed by atoms with Gasteiger partial charge in [0.15, 0.2) is 0 Å². The zero-order valence-corrected chi connectivity index (χ0v) is 14.1. The van der Waals surface area contributed by atoms with E-state index in [4.69, 9.17) is 0 Å². The fourth-order valence-corrected chi connectivity index (χ4v) is 3.41. The lowest BCUT2D eigenvalue weighted by atomic mass is 9.98. The molecule has 0 amide bonds. The smallest absolute Gasteiger partial charge is 0.132 e. The van der Waals surface area contributed by atoms with Crippen molar-refractivity contribution in [1.82, 2.24) is 0 Å². The molecule has 1 aromatic rings. The first-order valence-electron chi connectivity index (χ1n) is 4.77. The lowest BCUT2D eigenvalue weighted by Gasteiger charge is -2.13. The summed E-state index contributed by atoms with van der Waals surface area (Å²) < 4.78 is 2.10. The number of aromatic hydroxyl groups is 1. The van der Waals surface area contributed by atoms with Gasteiger partial charge in [0.25, 0.3) is 0 Å². The zero-order chi connectivity index (χ0) is 11.3. The molecule has 1 nitrogen and oxygen atoms in total. The Bertz CT molecular complexity index is 317. The fraction of sp³-hybridized carbons (Fsp3) is 0.455. The van der Waals surface area contributed by atoms with Crippen molar-refractivity contribution in [3.63, 3.8) is 0 Å². The summed E-state index contributed by atoms with van der Waals surface area (Å²) in [6, 6.07) is 5.95. The second kappa shape index (κ2) is 7.32. The molecule has 84 valence electrons. The normalized spacial score (nSPS) is 12.7.